The van der Waals surface area contributed by atoms with Gasteiger partial charge in [0, 0.05) is 0 Å². The van der Waals surface area contributed by atoms with Crippen LogP contribution in [0.4, 0.5) is 0 Å². The third kappa shape index (κ3) is 7.13. The maximum Gasteiger partial charge on any atom is 0.343 e. The van der Waals surface area contributed by atoms with Gasteiger partial charge in [0.25, 0.3) is 0 Å². The third-order valence-electron chi connectivity index (χ3n) is 7.12. The maximum absolute atomic E-state index is 13.4. The molecule has 0 saturated carbocycles. The summed E-state index contributed by atoms with van der Waals surface area (Å²) in [5.74, 6) is -6.48. The Hall–Kier alpha value is -5.64. The second-order valence-electron chi connectivity index (χ2n) is 10.8. The number of aryl methyl sites for hydroxylation is 2. The molecule has 0 radical (unpaired) electrons. The van der Waals surface area contributed by atoms with E-state index < -0.39 is 46.4 Å². The van der Waals surface area contributed by atoms with E-state index in [1.54, 1.807) is 25.1 Å². The minimum atomic E-state index is -0.984. The molecule has 4 rings (SSSR count). The number of phenols is 6. The van der Waals surface area contributed by atoms with Gasteiger partial charge in [0.2, 0.25) is 0 Å². The molecular formula is C35H34O10. The van der Waals surface area contributed by atoms with E-state index in [0.29, 0.717) is 28.7 Å². The van der Waals surface area contributed by atoms with Crippen LogP contribution in [0.2, 0.25) is 0 Å². The van der Waals surface area contributed by atoms with Gasteiger partial charge < -0.3 is 40.1 Å². The maximum atomic E-state index is 13.4. The van der Waals surface area contributed by atoms with Crippen molar-refractivity contribution in [1.29, 1.82) is 0 Å². The van der Waals surface area contributed by atoms with Gasteiger partial charge in [-0.3, -0.25) is 0 Å². The molecule has 0 saturated heterocycles. The second kappa shape index (κ2) is 13.3. The third-order valence-corrected chi connectivity index (χ3v) is 7.12. The lowest BCUT2D eigenvalue weighted by atomic mass is 9.91. The highest BCUT2D eigenvalue weighted by Gasteiger charge is 2.25. The lowest BCUT2D eigenvalue weighted by Gasteiger charge is -2.20. The molecule has 0 unspecified atom stereocenters. The lowest BCUT2D eigenvalue weighted by molar-refractivity contribution is 0.0733. The Morgan fingerprint density at radius 2 is 1.18 bits per heavy atom. The highest BCUT2D eigenvalue weighted by molar-refractivity contribution is 5.97. The van der Waals surface area contributed by atoms with Crippen LogP contribution in [0.15, 0.2) is 61.2 Å². The number of carbonyl (C=O) groups is 2. The molecule has 10 heteroatoms. The van der Waals surface area contributed by atoms with Crippen molar-refractivity contribution in [2.24, 2.45) is 0 Å². The predicted octanol–water partition coefficient (Wildman–Crippen LogP) is 7.10. The number of aromatic hydroxyl groups is 6. The number of phenolic OH excluding ortho intramolecular Hbond substituents is 6. The standard InChI is InChI=1S/C35H34O10/c1-5-6-7-8-20-12-29(44-34(42)21-14-25(36)32(40)26(37)15-21)31(24-11-19(4)9-10-23(24)18(2)3)30(13-20)45-35(43)22-16-27(38)33(41)28(39)17-22/h9-17,36-41H,2,5-8H2,1,3-4H3. The van der Waals surface area contributed by atoms with Crippen LogP contribution in [0.5, 0.6) is 46.0 Å². The van der Waals surface area contributed by atoms with Gasteiger partial charge in [0.15, 0.2) is 34.5 Å². The summed E-state index contributed by atoms with van der Waals surface area (Å²) in [6.45, 7) is 9.75. The van der Waals surface area contributed by atoms with E-state index in [2.05, 4.69) is 6.58 Å². The fraction of sp³-hybridized carbons (Fsp3) is 0.200. The molecule has 4 aromatic rings. The molecule has 0 atom stereocenters. The van der Waals surface area contributed by atoms with Crippen LogP contribution in [0.3, 0.4) is 0 Å². The Balaban J connectivity index is 1.95. The molecule has 0 aromatic heterocycles. The largest absolute Gasteiger partial charge is 0.504 e. The van der Waals surface area contributed by atoms with Crippen LogP contribution < -0.4 is 9.47 Å². The van der Waals surface area contributed by atoms with Crippen molar-refractivity contribution in [3.05, 3.63) is 89.0 Å². The first-order chi connectivity index (χ1) is 21.3. The molecule has 45 heavy (non-hydrogen) atoms. The highest BCUT2D eigenvalue weighted by atomic mass is 16.5. The smallest absolute Gasteiger partial charge is 0.343 e. The Morgan fingerprint density at radius 1 is 0.711 bits per heavy atom. The number of esters is 2. The molecular weight excluding hydrogens is 580 g/mol. The summed E-state index contributed by atoms with van der Waals surface area (Å²) in [7, 11) is 0. The fourth-order valence-electron chi connectivity index (χ4n) is 4.79. The van der Waals surface area contributed by atoms with Crippen molar-refractivity contribution in [1.82, 2.24) is 0 Å². The SMILES string of the molecule is C=C(C)c1ccc(C)cc1-c1c(OC(=O)c2cc(O)c(O)c(O)c2)cc(CCCCC)cc1OC(=O)c1cc(O)c(O)c(O)c1. The number of rotatable bonds is 10. The minimum Gasteiger partial charge on any atom is -0.504 e. The number of hydrogen-bond donors (Lipinski definition) is 6. The molecule has 6 N–H and O–H groups in total. The summed E-state index contributed by atoms with van der Waals surface area (Å²) in [4.78, 5) is 26.8. The van der Waals surface area contributed by atoms with Gasteiger partial charge in [-0.1, -0.05) is 55.7 Å². The molecule has 4 aromatic carbocycles. The van der Waals surface area contributed by atoms with E-state index in [0.717, 1.165) is 49.1 Å². The Bertz CT molecular complexity index is 1670. The average Bonchev–Trinajstić information content (AvgIpc) is 2.98. The zero-order chi connectivity index (χ0) is 33.0. The summed E-state index contributed by atoms with van der Waals surface area (Å²) < 4.78 is 11.7. The summed E-state index contributed by atoms with van der Waals surface area (Å²) in [6.07, 6.45) is 3.15. The molecule has 0 fully saturated rings. The van der Waals surface area contributed by atoms with Gasteiger partial charge in [-0.15, -0.1) is 0 Å². The molecule has 0 aliphatic rings. The first-order valence-electron chi connectivity index (χ1n) is 14.2. The van der Waals surface area contributed by atoms with Crippen molar-refractivity contribution < 1.29 is 49.7 Å². The van der Waals surface area contributed by atoms with Crippen LogP contribution >= 0.6 is 0 Å². The number of allylic oxidation sites excluding steroid dienone is 1. The Labute approximate surface area is 259 Å². The van der Waals surface area contributed by atoms with E-state index in [4.69, 9.17) is 9.47 Å². The highest BCUT2D eigenvalue weighted by Crippen LogP contribution is 2.45. The summed E-state index contributed by atoms with van der Waals surface area (Å²) in [5.41, 5.74) is 3.01. The Morgan fingerprint density at radius 3 is 1.60 bits per heavy atom. The zero-order valence-electron chi connectivity index (χ0n) is 25.0. The number of ether oxygens (including phenoxy) is 2. The van der Waals surface area contributed by atoms with Crippen LogP contribution in [0.25, 0.3) is 16.7 Å². The van der Waals surface area contributed by atoms with Gasteiger partial charge in [0.05, 0.1) is 16.7 Å². The number of hydrogen-bond acceptors (Lipinski definition) is 10. The van der Waals surface area contributed by atoms with E-state index in [-0.39, 0.29) is 28.2 Å². The fourth-order valence-corrected chi connectivity index (χ4v) is 4.79. The van der Waals surface area contributed by atoms with Gasteiger partial charge in [-0.2, -0.15) is 0 Å². The predicted molar refractivity (Wildman–Crippen MR) is 167 cm³/mol. The van der Waals surface area contributed by atoms with Crippen molar-refractivity contribution in [2.75, 3.05) is 0 Å². The number of benzene rings is 4. The molecule has 234 valence electrons. The molecule has 0 aliphatic carbocycles. The molecule has 0 heterocycles. The van der Waals surface area contributed by atoms with E-state index >= 15 is 0 Å². The molecule has 10 nitrogen and oxygen atoms in total. The van der Waals surface area contributed by atoms with Gasteiger partial charge >= 0.3 is 11.9 Å². The van der Waals surface area contributed by atoms with Crippen molar-refractivity contribution in [3.8, 4) is 57.1 Å². The van der Waals surface area contributed by atoms with Gasteiger partial charge in [0.1, 0.15) is 11.5 Å². The van der Waals surface area contributed by atoms with Crippen LogP contribution in [-0.4, -0.2) is 42.6 Å². The average molecular weight is 615 g/mol. The summed E-state index contributed by atoms with van der Waals surface area (Å²) >= 11 is 0. The van der Waals surface area contributed by atoms with Crippen LogP contribution in [-0.2, 0) is 6.42 Å². The molecule has 0 aliphatic heterocycles. The summed E-state index contributed by atoms with van der Waals surface area (Å²) in [5, 5.41) is 59.5. The monoisotopic (exact) mass is 614 g/mol. The van der Waals surface area contributed by atoms with Gasteiger partial charge in [-0.25, -0.2) is 9.59 Å². The molecule has 0 spiro atoms. The van der Waals surface area contributed by atoms with E-state index in [9.17, 15) is 40.2 Å². The zero-order valence-corrected chi connectivity index (χ0v) is 25.0. The minimum absolute atomic E-state index is 0.00615. The van der Waals surface area contributed by atoms with Crippen LogP contribution in [0.1, 0.15) is 70.5 Å². The second-order valence-corrected chi connectivity index (χ2v) is 10.8. The first-order valence-corrected chi connectivity index (χ1v) is 14.2. The lowest BCUT2D eigenvalue weighted by Crippen LogP contribution is -2.13. The normalized spacial score (nSPS) is 10.8. The summed E-state index contributed by atoms with van der Waals surface area (Å²) in [6, 6.07) is 12.6. The molecule has 0 bridgehead atoms. The van der Waals surface area contributed by atoms with E-state index in [1.807, 2.05) is 26.0 Å². The van der Waals surface area contributed by atoms with Crippen LogP contribution in [0, 0.1) is 6.92 Å². The first kappa shape index (κ1) is 32.3. The number of unbranched alkanes of at least 4 members (excludes halogenated alkanes) is 2. The van der Waals surface area contributed by atoms with Crippen molar-refractivity contribution in [2.45, 2.75) is 46.5 Å². The van der Waals surface area contributed by atoms with Gasteiger partial charge in [-0.05, 0) is 79.8 Å². The number of carbonyl (C=O) groups excluding carboxylic acids is 2. The van der Waals surface area contributed by atoms with Crippen molar-refractivity contribution >= 4 is 17.5 Å². The van der Waals surface area contributed by atoms with Crippen molar-refractivity contribution in [3.63, 3.8) is 0 Å². The quantitative estimate of drug-likeness (QED) is 0.0468. The Kier molecular flexibility index (Phi) is 9.57. The molecule has 0 amide bonds. The topological polar surface area (TPSA) is 174 Å². The van der Waals surface area contributed by atoms with E-state index in [1.165, 1.54) is 0 Å².